The van der Waals surface area contributed by atoms with Crippen LogP contribution < -0.4 is 10.6 Å². The molecular formula is C32H32N4O3S. The Kier molecular flexibility index (Phi) is 7.98. The molecule has 0 bridgehead atoms. The number of ether oxygens (including phenoxy) is 1. The number of hydrogen-bond donors (Lipinski definition) is 3. The molecule has 0 spiro atoms. The zero-order valence-corrected chi connectivity index (χ0v) is 23.5. The van der Waals surface area contributed by atoms with E-state index in [9.17, 15) is 9.59 Å². The molecule has 1 atom stereocenters. The molecule has 7 nitrogen and oxygen atoms in total. The monoisotopic (exact) mass is 552 g/mol. The van der Waals surface area contributed by atoms with E-state index in [0.29, 0.717) is 11.3 Å². The number of hydrogen-bond acceptors (Lipinski definition) is 5. The third kappa shape index (κ3) is 6.58. The van der Waals surface area contributed by atoms with Gasteiger partial charge in [0, 0.05) is 40.3 Å². The van der Waals surface area contributed by atoms with Crippen molar-refractivity contribution in [3.05, 3.63) is 102 Å². The third-order valence-electron chi connectivity index (χ3n) is 6.31. The fourth-order valence-corrected chi connectivity index (χ4v) is 5.50. The van der Waals surface area contributed by atoms with Crippen molar-refractivity contribution < 1.29 is 14.3 Å². The molecule has 3 heterocycles. The zero-order valence-electron chi connectivity index (χ0n) is 22.7. The molecule has 8 heteroatoms. The predicted octanol–water partition coefficient (Wildman–Crippen LogP) is 6.82. The summed E-state index contributed by atoms with van der Waals surface area (Å²) in [5.74, 6) is -0.189. The molecule has 3 aromatic heterocycles. The van der Waals surface area contributed by atoms with Crippen molar-refractivity contribution in [3.8, 4) is 21.6 Å². The van der Waals surface area contributed by atoms with Crippen LogP contribution in [-0.2, 0) is 11.2 Å². The van der Waals surface area contributed by atoms with Crippen molar-refractivity contribution in [1.82, 2.24) is 20.6 Å². The van der Waals surface area contributed by atoms with Gasteiger partial charge in [0.15, 0.2) is 0 Å². The number of rotatable bonds is 8. The first kappa shape index (κ1) is 27.1. The minimum atomic E-state index is -0.603. The third-order valence-corrected chi connectivity index (χ3v) is 7.42. The summed E-state index contributed by atoms with van der Waals surface area (Å²) in [6, 6.07) is 25.5. The number of benzene rings is 2. The highest BCUT2D eigenvalue weighted by molar-refractivity contribution is 7.17. The molecule has 0 aliphatic heterocycles. The molecule has 0 saturated heterocycles. The second-order valence-corrected chi connectivity index (χ2v) is 11.6. The lowest BCUT2D eigenvalue weighted by Crippen LogP contribution is -2.45. The number of carbonyl (C=O) groups is 2. The van der Waals surface area contributed by atoms with Crippen LogP contribution in [0.4, 0.5) is 4.79 Å². The maximum absolute atomic E-state index is 13.4. The van der Waals surface area contributed by atoms with E-state index < -0.39 is 11.7 Å². The molecule has 0 aliphatic carbocycles. The normalized spacial score (nSPS) is 12.2. The first-order chi connectivity index (χ1) is 19.3. The summed E-state index contributed by atoms with van der Waals surface area (Å²) < 4.78 is 5.38. The molecule has 0 aliphatic rings. The van der Waals surface area contributed by atoms with Crippen LogP contribution in [0.15, 0.2) is 91.3 Å². The van der Waals surface area contributed by atoms with E-state index in [1.165, 1.54) is 11.3 Å². The fraction of sp³-hybridized carbons (Fsp3) is 0.219. The maximum atomic E-state index is 13.4. The highest BCUT2D eigenvalue weighted by atomic mass is 32.1. The topological polar surface area (TPSA) is 96.1 Å². The van der Waals surface area contributed by atoms with Gasteiger partial charge in [-0.1, -0.05) is 60.7 Å². The summed E-state index contributed by atoms with van der Waals surface area (Å²) in [7, 11) is 0. The molecule has 204 valence electrons. The van der Waals surface area contributed by atoms with Gasteiger partial charge in [-0.05, 0) is 56.5 Å². The lowest BCUT2D eigenvalue weighted by atomic mass is 10.0. The van der Waals surface area contributed by atoms with Gasteiger partial charge < -0.3 is 20.4 Å². The van der Waals surface area contributed by atoms with Gasteiger partial charge in [-0.3, -0.25) is 4.79 Å². The Bertz CT molecular complexity index is 1600. The van der Waals surface area contributed by atoms with Crippen LogP contribution in [0, 0.1) is 0 Å². The minimum absolute atomic E-state index is 0.189. The highest BCUT2D eigenvalue weighted by Gasteiger charge is 2.21. The molecule has 2 aromatic carbocycles. The average molecular weight is 553 g/mol. The molecule has 5 rings (SSSR count). The Morgan fingerprint density at radius 3 is 2.40 bits per heavy atom. The molecule has 3 N–H and O–H groups in total. The van der Waals surface area contributed by atoms with E-state index >= 15 is 0 Å². The molecule has 0 radical (unpaired) electrons. The number of pyridine rings is 1. The van der Waals surface area contributed by atoms with Crippen LogP contribution in [0.5, 0.6) is 0 Å². The number of nitrogens with zero attached hydrogens (tertiary/aromatic N) is 1. The molecule has 0 fully saturated rings. The zero-order chi connectivity index (χ0) is 28.1. The number of amides is 2. The summed E-state index contributed by atoms with van der Waals surface area (Å²) in [6.45, 7) is 5.69. The van der Waals surface area contributed by atoms with E-state index in [1.807, 2.05) is 93.7 Å². The van der Waals surface area contributed by atoms with Gasteiger partial charge >= 0.3 is 6.09 Å². The molecule has 40 heavy (non-hydrogen) atoms. The van der Waals surface area contributed by atoms with Gasteiger partial charge in [0.2, 0.25) is 0 Å². The number of thiophene rings is 1. The Morgan fingerprint density at radius 2 is 1.68 bits per heavy atom. The lowest BCUT2D eigenvalue weighted by Gasteiger charge is -2.22. The fourth-order valence-electron chi connectivity index (χ4n) is 4.56. The number of H-pyrrole nitrogens is 1. The van der Waals surface area contributed by atoms with Crippen molar-refractivity contribution in [2.75, 3.05) is 6.54 Å². The van der Waals surface area contributed by atoms with Gasteiger partial charge in [0.1, 0.15) is 11.2 Å². The number of aromatic amines is 1. The summed E-state index contributed by atoms with van der Waals surface area (Å²) >= 11 is 1.43. The maximum Gasteiger partial charge on any atom is 0.407 e. The van der Waals surface area contributed by atoms with Crippen LogP contribution in [0.3, 0.4) is 0 Å². The second-order valence-electron chi connectivity index (χ2n) is 10.6. The molecule has 1 unspecified atom stereocenters. The molecular weight excluding hydrogens is 520 g/mol. The van der Waals surface area contributed by atoms with Crippen LogP contribution in [-0.4, -0.2) is 40.2 Å². The number of nitrogens with one attached hydrogen (secondary N) is 3. The van der Waals surface area contributed by atoms with E-state index in [4.69, 9.17) is 4.74 Å². The number of aromatic nitrogens is 2. The van der Waals surface area contributed by atoms with Crippen LogP contribution >= 0.6 is 11.3 Å². The first-order valence-electron chi connectivity index (χ1n) is 13.2. The molecule has 0 saturated carbocycles. The Labute approximate surface area is 237 Å². The van der Waals surface area contributed by atoms with E-state index in [-0.39, 0.29) is 18.5 Å². The van der Waals surface area contributed by atoms with Gasteiger partial charge in [-0.25, -0.2) is 9.78 Å². The summed E-state index contributed by atoms with van der Waals surface area (Å²) in [6.07, 6.45) is 3.81. The standard InChI is InChI=1S/C32H32N4O3S/c1-32(2,3)39-31(38)35-19-23(18-21-10-6-4-7-11-21)36-30(37)27-15-14-26(40-27)24-16-17-33-29-28(24)25(20-34-29)22-12-8-5-9-13-22/h4-17,20,23H,18-19H2,1-3H3,(H,33,34)(H,35,38)(H,36,37). The van der Waals surface area contributed by atoms with Crippen LogP contribution in [0.2, 0.25) is 0 Å². The van der Waals surface area contributed by atoms with Crippen molar-refractivity contribution in [1.29, 1.82) is 0 Å². The van der Waals surface area contributed by atoms with Crippen molar-refractivity contribution in [2.45, 2.75) is 38.8 Å². The van der Waals surface area contributed by atoms with E-state index in [1.54, 1.807) is 6.20 Å². The quantitative estimate of drug-likeness (QED) is 0.197. The largest absolute Gasteiger partial charge is 0.444 e. The number of fused-ring (bicyclic) bond motifs is 1. The minimum Gasteiger partial charge on any atom is -0.444 e. The Hall–Kier alpha value is -4.43. The Balaban J connectivity index is 1.36. The van der Waals surface area contributed by atoms with Crippen LogP contribution in [0.1, 0.15) is 36.0 Å². The average Bonchev–Trinajstić information content (AvgIpc) is 3.60. The Morgan fingerprint density at radius 1 is 0.950 bits per heavy atom. The van der Waals surface area contributed by atoms with Gasteiger partial charge in [0.05, 0.1) is 10.9 Å². The number of alkyl carbamates (subject to hydrolysis) is 1. The lowest BCUT2D eigenvalue weighted by molar-refractivity contribution is 0.0520. The number of carbonyl (C=O) groups excluding carboxylic acids is 2. The van der Waals surface area contributed by atoms with Crippen molar-refractivity contribution in [3.63, 3.8) is 0 Å². The second kappa shape index (κ2) is 11.8. The molecule has 2 amide bonds. The van der Waals surface area contributed by atoms with Crippen LogP contribution in [0.25, 0.3) is 32.6 Å². The first-order valence-corrected chi connectivity index (χ1v) is 14.0. The summed E-state index contributed by atoms with van der Waals surface area (Å²) in [5.41, 5.74) is 4.43. The van der Waals surface area contributed by atoms with E-state index in [2.05, 4.69) is 32.7 Å². The van der Waals surface area contributed by atoms with Gasteiger partial charge in [-0.2, -0.15) is 0 Å². The predicted molar refractivity (Wildman–Crippen MR) is 160 cm³/mol. The van der Waals surface area contributed by atoms with E-state index in [0.717, 1.165) is 38.2 Å². The SMILES string of the molecule is CC(C)(C)OC(=O)NCC(Cc1ccccc1)NC(=O)c1ccc(-c2ccnc3[nH]cc(-c4ccccc4)c23)s1. The van der Waals surface area contributed by atoms with Crippen molar-refractivity contribution >= 4 is 34.4 Å². The smallest absolute Gasteiger partial charge is 0.407 e. The van der Waals surface area contributed by atoms with Crippen molar-refractivity contribution in [2.24, 2.45) is 0 Å². The summed E-state index contributed by atoms with van der Waals surface area (Å²) in [5, 5.41) is 6.94. The van der Waals surface area contributed by atoms with Gasteiger partial charge in [-0.15, -0.1) is 11.3 Å². The summed E-state index contributed by atoms with van der Waals surface area (Å²) in [4.78, 5) is 35.1. The van der Waals surface area contributed by atoms with Gasteiger partial charge in [0.25, 0.3) is 5.91 Å². The highest BCUT2D eigenvalue weighted by Crippen LogP contribution is 2.38. The molecule has 5 aromatic rings.